The van der Waals surface area contributed by atoms with Gasteiger partial charge in [0, 0.05) is 25.5 Å². The second-order valence-electron chi connectivity index (χ2n) is 7.66. The summed E-state index contributed by atoms with van der Waals surface area (Å²) in [6.07, 6.45) is 5.45. The molecule has 1 atom stereocenters. The van der Waals surface area contributed by atoms with Crippen molar-refractivity contribution in [2.24, 2.45) is 5.92 Å². The van der Waals surface area contributed by atoms with Gasteiger partial charge in [-0.25, -0.2) is 4.98 Å². The van der Waals surface area contributed by atoms with Crippen molar-refractivity contribution in [2.45, 2.75) is 33.0 Å². The van der Waals surface area contributed by atoms with Gasteiger partial charge in [-0.15, -0.1) is 0 Å². The van der Waals surface area contributed by atoms with Gasteiger partial charge in [-0.05, 0) is 29.2 Å². The Morgan fingerprint density at radius 1 is 1.06 bits per heavy atom. The van der Waals surface area contributed by atoms with E-state index in [1.807, 2.05) is 48.9 Å². The van der Waals surface area contributed by atoms with E-state index in [0.717, 1.165) is 17.7 Å². The van der Waals surface area contributed by atoms with Gasteiger partial charge in [0.2, 0.25) is 5.91 Å². The van der Waals surface area contributed by atoms with Crippen molar-refractivity contribution in [3.63, 3.8) is 0 Å². The van der Waals surface area contributed by atoms with E-state index in [0.29, 0.717) is 17.9 Å². The maximum atomic E-state index is 12.8. The molecule has 0 aliphatic rings. The molecule has 0 bridgehead atoms. The van der Waals surface area contributed by atoms with Crippen molar-refractivity contribution in [1.29, 1.82) is 0 Å². The first-order valence-electron chi connectivity index (χ1n) is 10.2. The van der Waals surface area contributed by atoms with Crippen LogP contribution in [0.3, 0.4) is 0 Å². The minimum Gasteiger partial charge on any atom is -0.496 e. The molecule has 3 aromatic rings. The number of methoxy groups -OCH3 is 1. The first kappa shape index (κ1) is 22.1. The summed E-state index contributed by atoms with van der Waals surface area (Å²) >= 11 is 0. The standard InChI is InChI=1S/C24H28N4O3/c1-17(2)22(27-23(29)20-6-4-5-7-21(20)31-3)24(30)26-14-18-8-10-19(11-9-18)15-28-13-12-25-16-28/h4-13,16-17,22H,14-15H2,1-3H3,(H,26,30)(H,27,29). The summed E-state index contributed by atoms with van der Waals surface area (Å²) in [6.45, 7) is 4.93. The largest absolute Gasteiger partial charge is 0.496 e. The molecule has 0 radical (unpaired) electrons. The third-order valence-corrected chi connectivity index (χ3v) is 5.00. The van der Waals surface area contributed by atoms with E-state index in [9.17, 15) is 9.59 Å². The molecule has 0 spiro atoms. The Kier molecular flexibility index (Phi) is 7.43. The van der Waals surface area contributed by atoms with E-state index in [-0.39, 0.29) is 17.7 Å². The van der Waals surface area contributed by atoms with E-state index in [2.05, 4.69) is 15.6 Å². The smallest absolute Gasteiger partial charge is 0.255 e. The Morgan fingerprint density at radius 2 is 1.77 bits per heavy atom. The van der Waals surface area contributed by atoms with Crippen LogP contribution < -0.4 is 15.4 Å². The quantitative estimate of drug-likeness (QED) is 0.557. The van der Waals surface area contributed by atoms with Gasteiger partial charge in [0.1, 0.15) is 11.8 Å². The topological polar surface area (TPSA) is 85.2 Å². The minimum absolute atomic E-state index is 0.0730. The molecule has 7 heteroatoms. The third-order valence-electron chi connectivity index (χ3n) is 5.00. The molecule has 0 saturated heterocycles. The van der Waals surface area contributed by atoms with Crippen molar-refractivity contribution < 1.29 is 14.3 Å². The lowest BCUT2D eigenvalue weighted by molar-refractivity contribution is -0.124. The molecule has 1 aromatic heterocycles. The van der Waals surface area contributed by atoms with Gasteiger partial charge in [0.05, 0.1) is 19.0 Å². The van der Waals surface area contributed by atoms with Gasteiger partial charge in [0.25, 0.3) is 5.91 Å². The van der Waals surface area contributed by atoms with Gasteiger partial charge in [-0.2, -0.15) is 0 Å². The lowest BCUT2D eigenvalue weighted by atomic mass is 10.0. The van der Waals surface area contributed by atoms with E-state index in [4.69, 9.17) is 4.74 Å². The summed E-state index contributed by atoms with van der Waals surface area (Å²) in [7, 11) is 1.51. The van der Waals surface area contributed by atoms with Gasteiger partial charge in [-0.1, -0.05) is 50.2 Å². The molecule has 2 aromatic carbocycles. The van der Waals surface area contributed by atoms with Crippen molar-refractivity contribution in [3.05, 3.63) is 83.9 Å². The highest BCUT2D eigenvalue weighted by Crippen LogP contribution is 2.17. The number of para-hydroxylation sites is 1. The molecule has 2 N–H and O–H groups in total. The molecular formula is C24H28N4O3. The molecule has 0 aliphatic carbocycles. The van der Waals surface area contributed by atoms with Crippen LogP contribution in [-0.2, 0) is 17.9 Å². The van der Waals surface area contributed by atoms with Crippen LogP contribution in [0.5, 0.6) is 5.75 Å². The molecule has 3 rings (SSSR count). The number of rotatable bonds is 9. The number of nitrogens with zero attached hydrogens (tertiary/aromatic N) is 2. The Morgan fingerprint density at radius 3 is 2.42 bits per heavy atom. The number of aromatic nitrogens is 2. The maximum Gasteiger partial charge on any atom is 0.255 e. The van der Waals surface area contributed by atoms with Crippen LogP contribution in [0.4, 0.5) is 0 Å². The molecule has 0 fully saturated rings. The molecule has 31 heavy (non-hydrogen) atoms. The summed E-state index contributed by atoms with van der Waals surface area (Å²) < 4.78 is 7.24. The van der Waals surface area contributed by atoms with Crippen LogP contribution in [0.25, 0.3) is 0 Å². The van der Waals surface area contributed by atoms with E-state index >= 15 is 0 Å². The average Bonchev–Trinajstić information content (AvgIpc) is 3.29. The van der Waals surface area contributed by atoms with Crippen molar-refractivity contribution in [2.75, 3.05) is 7.11 Å². The molecule has 162 valence electrons. The molecule has 0 saturated carbocycles. The van der Waals surface area contributed by atoms with E-state index in [1.165, 1.54) is 7.11 Å². The van der Waals surface area contributed by atoms with Crippen LogP contribution in [0.1, 0.15) is 35.3 Å². The lowest BCUT2D eigenvalue weighted by Crippen LogP contribution is -2.49. The van der Waals surface area contributed by atoms with Crippen molar-refractivity contribution >= 4 is 11.8 Å². The first-order valence-corrected chi connectivity index (χ1v) is 10.2. The molecule has 7 nitrogen and oxygen atoms in total. The SMILES string of the molecule is COc1ccccc1C(=O)NC(C(=O)NCc1ccc(Cn2ccnc2)cc1)C(C)C. The Labute approximate surface area is 182 Å². The van der Waals surface area contributed by atoms with Crippen molar-refractivity contribution in [3.8, 4) is 5.75 Å². The molecule has 1 unspecified atom stereocenters. The zero-order chi connectivity index (χ0) is 22.2. The number of imidazole rings is 1. The second kappa shape index (κ2) is 10.4. The van der Waals surface area contributed by atoms with Crippen LogP contribution >= 0.6 is 0 Å². The number of benzene rings is 2. The maximum absolute atomic E-state index is 12.8. The van der Waals surface area contributed by atoms with Crippen LogP contribution in [0.2, 0.25) is 0 Å². The molecule has 0 aliphatic heterocycles. The molecule has 1 heterocycles. The summed E-state index contributed by atoms with van der Waals surface area (Å²) in [5.74, 6) is -0.161. The second-order valence-corrected chi connectivity index (χ2v) is 7.66. The number of ether oxygens (including phenoxy) is 1. The van der Waals surface area contributed by atoms with E-state index < -0.39 is 6.04 Å². The summed E-state index contributed by atoms with van der Waals surface area (Å²) in [5.41, 5.74) is 2.54. The Bertz CT molecular complexity index is 998. The van der Waals surface area contributed by atoms with Crippen LogP contribution in [-0.4, -0.2) is 34.5 Å². The average molecular weight is 421 g/mol. The molecular weight excluding hydrogens is 392 g/mol. The van der Waals surface area contributed by atoms with Crippen LogP contribution in [0.15, 0.2) is 67.3 Å². The fourth-order valence-corrected chi connectivity index (χ4v) is 3.24. The summed E-state index contributed by atoms with van der Waals surface area (Å²) in [6, 6.07) is 14.3. The van der Waals surface area contributed by atoms with Gasteiger partial charge in [-0.3, -0.25) is 9.59 Å². The fraction of sp³-hybridized carbons (Fsp3) is 0.292. The Balaban J connectivity index is 1.58. The van der Waals surface area contributed by atoms with Gasteiger partial charge >= 0.3 is 0 Å². The normalized spacial score (nSPS) is 11.7. The zero-order valence-corrected chi connectivity index (χ0v) is 18.0. The first-order chi connectivity index (χ1) is 15.0. The van der Waals surface area contributed by atoms with Crippen molar-refractivity contribution in [1.82, 2.24) is 20.2 Å². The molecule has 2 amide bonds. The summed E-state index contributed by atoms with van der Waals surface area (Å²) in [5, 5.41) is 5.77. The number of carbonyl (C=O) groups is 2. The number of hydrogen-bond donors (Lipinski definition) is 2. The monoisotopic (exact) mass is 420 g/mol. The number of hydrogen-bond acceptors (Lipinski definition) is 4. The van der Waals surface area contributed by atoms with Gasteiger partial charge in [0.15, 0.2) is 0 Å². The highest BCUT2D eigenvalue weighted by Gasteiger charge is 2.25. The summed E-state index contributed by atoms with van der Waals surface area (Å²) in [4.78, 5) is 29.5. The third kappa shape index (κ3) is 5.94. The highest BCUT2D eigenvalue weighted by atomic mass is 16.5. The Hall–Kier alpha value is -3.61. The van der Waals surface area contributed by atoms with E-state index in [1.54, 1.807) is 36.8 Å². The van der Waals surface area contributed by atoms with Gasteiger partial charge < -0.3 is 19.9 Å². The zero-order valence-electron chi connectivity index (χ0n) is 18.0. The predicted octanol–water partition coefficient (Wildman–Crippen LogP) is 3.01. The lowest BCUT2D eigenvalue weighted by Gasteiger charge is -2.22. The fourth-order valence-electron chi connectivity index (χ4n) is 3.24. The number of nitrogens with one attached hydrogen (secondary N) is 2. The minimum atomic E-state index is -0.655. The number of carbonyl (C=O) groups excluding carboxylic acids is 2. The number of amides is 2. The predicted molar refractivity (Wildman–Crippen MR) is 119 cm³/mol. The highest BCUT2D eigenvalue weighted by molar-refractivity contribution is 5.99. The van der Waals surface area contributed by atoms with Crippen LogP contribution in [0, 0.1) is 5.92 Å².